The van der Waals surface area contributed by atoms with Crippen LogP contribution in [0.15, 0.2) is 29.1 Å². The minimum atomic E-state index is -0.343. The van der Waals surface area contributed by atoms with E-state index < -0.39 is 0 Å². The number of nitrogens with one attached hydrogen (secondary N) is 2. The van der Waals surface area contributed by atoms with E-state index in [-0.39, 0.29) is 48.1 Å². The quantitative estimate of drug-likeness (QED) is 0.634. The number of hydrogen-bond acceptors (Lipinski definition) is 5. The van der Waals surface area contributed by atoms with E-state index in [2.05, 4.69) is 15.6 Å². The van der Waals surface area contributed by atoms with Gasteiger partial charge in [0.2, 0.25) is 11.8 Å². The van der Waals surface area contributed by atoms with Crippen molar-refractivity contribution in [3.05, 3.63) is 45.5 Å². The average Bonchev–Trinajstić information content (AvgIpc) is 3.51. The summed E-state index contributed by atoms with van der Waals surface area (Å²) in [7, 11) is 0. The Morgan fingerprint density at radius 3 is 2.66 bits per heavy atom. The Bertz CT molecular complexity index is 1140. The molecule has 168 valence electrons. The minimum absolute atomic E-state index is 0.0178. The normalized spacial score (nSPS) is 17.8. The first-order valence-corrected chi connectivity index (χ1v) is 11.2. The van der Waals surface area contributed by atoms with E-state index in [0.717, 1.165) is 19.3 Å². The van der Waals surface area contributed by atoms with E-state index in [1.54, 1.807) is 25.1 Å². The number of benzene rings is 1. The van der Waals surface area contributed by atoms with Crippen molar-refractivity contribution in [1.29, 1.82) is 0 Å². The second kappa shape index (κ2) is 9.24. The van der Waals surface area contributed by atoms with Gasteiger partial charge in [-0.3, -0.25) is 23.7 Å². The predicted molar refractivity (Wildman–Crippen MR) is 120 cm³/mol. The fourth-order valence-electron chi connectivity index (χ4n) is 3.86. The Balaban J connectivity index is 1.50. The van der Waals surface area contributed by atoms with Gasteiger partial charge in [0, 0.05) is 41.5 Å². The maximum Gasteiger partial charge on any atom is 0.254 e. The number of aromatic nitrogens is 2. The minimum Gasteiger partial charge on any atom is -0.353 e. The first kappa shape index (κ1) is 22.2. The molecule has 1 saturated carbocycles. The molecule has 1 aromatic carbocycles. The van der Waals surface area contributed by atoms with Crippen LogP contribution in [-0.2, 0) is 20.9 Å². The van der Waals surface area contributed by atoms with Crippen molar-refractivity contribution in [2.75, 3.05) is 5.32 Å². The van der Waals surface area contributed by atoms with Crippen LogP contribution in [0.25, 0.3) is 11.3 Å². The third kappa shape index (κ3) is 5.24. The van der Waals surface area contributed by atoms with Crippen LogP contribution < -0.4 is 16.2 Å². The molecule has 0 radical (unpaired) electrons. The van der Waals surface area contributed by atoms with Crippen molar-refractivity contribution in [3.8, 4) is 11.3 Å². The van der Waals surface area contributed by atoms with Gasteiger partial charge < -0.3 is 10.6 Å². The van der Waals surface area contributed by atoms with Crippen LogP contribution in [0.2, 0.25) is 5.02 Å². The molecule has 1 saturated heterocycles. The first-order valence-electron chi connectivity index (χ1n) is 10.8. The number of nitrogens with zero attached hydrogens (tertiary/aromatic N) is 2. The van der Waals surface area contributed by atoms with Gasteiger partial charge in [0.05, 0.1) is 17.9 Å². The molecule has 1 aliphatic heterocycles. The highest BCUT2D eigenvalue weighted by Crippen LogP contribution is 2.33. The summed E-state index contributed by atoms with van der Waals surface area (Å²) in [5, 5.41) is 6.20. The third-order valence-corrected chi connectivity index (χ3v) is 6.09. The number of ketones is 1. The summed E-state index contributed by atoms with van der Waals surface area (Å²) in [6, 6.07) is 6.44. The molecule has 1 atom stereocenters. The zero-order valence-electron chi connectivity index (χ0n) is 17.8. The zero-order valence-corrected chi connectivity index (χ0v) is 18.6. The number of Topliss-reactive ketones (excluding diaryl/α,β-unsaturated/α-hetero) is 1. The van der Waals surface area contributed by atoms with Crippen molar-refractivity contribution < 1.29 is 14.4 Å². The Morgan fingerprint density at radius 1 is 1.22 bits per heavy atom. The van der Waals surface area contributed by atoms with Crippen LogP contribution in [-0.4, -0.2) is 33.2 Å². The topological polar surface area (TPSA) is 110 Å². The molecular weight excluding hydrogens is 432 g/mol. The summed E-state index contributed by atoms with van der Waals surface area (Å²) in [6.45, 7) is 1.61. The highest BCUT2D eigenvalue weighted by Gasteiger charge is 2.30. The summed E-state index contributed by atoms with van der Waals surface area (Å²) in [5.74, 6) is 0.291. The maximum atomic E-state index is 12.8. The fourth-order valence-corrected chi connectivity index (χ4v) is 4.03. The summed E-state index contributed by atoms with van der Waals surface area (Å²) in [4.78, 5) is 53.3. The number of rotatable bonds is 8. The lowest BCUT2D eigenvalue weighted by molar-refractivity contribution is -0.121. The third-order valence-electron chi connectivity index (χ3n) is 5.85. The highest BCUT2D eigenvalue weighted by atomic mass is 35.5. The Labute approximate surface area is 190 Å². The van der Waals surface area contributed by atoms with Crippen LogP contribution in [0.3, 0.4) is 0 Å². The van der Waals surface area contributed by atoms with Gasteiger partial charge in [-0.1, -0.05) is 11.6 Å². The highest BCUT2D eigenvalue weighted by molar-refractivity contribution is 6.31. The number of halogens is 1. The predicted octanol–water partition coefficient (Wildman–Crippen LogP) is 2.85. The monoisotopic (exact) mass is 456 g/mol. The Kier molecular flexibility index (Phi) is 6.41. The number of aryl methyl sites for hydroxylation is 1. The van der Waals surface area contributed by atoms with Crippen molar-refractivity contribution in [1.82, 2.24) is 14.9 Å². The largest absolute Gasteiger partial charge is 0.353 e. The summed E-state index contributed by atoms with van der Waals surface area (Å²) in [6.07, 6.45) is 3.83. The molecule has 4 rings (SSSR count). The molecule has 2 amide bonds. The standard InChI is InChI=1S/C23H25ClN4O4/c1-13-25-20(18-8-4-15(24)10-19(18)27-23(32)14-2-3-14)11-22(31)28(13)12-17(29)7-5-16-6-9-21(30)26-16/h4,8,10-11,14,16H,2-3,5-7,9,12H2,1H3,(H,26,30)(H,27,32). The summed E-state index contributed by atoms with van der Waals surface area (Å²) in [5.41, 5.74) is 1.17. The van der Waals surface area contributed by atoms with Crippen molar-refractivity contribution in [2.45, 2.75) is 58.0 Å². The molecule has 2 N–H and O–H groups in total. The van der Waals surface area contributed by atoms with Gasteiger partial charge in [0.25, 0.3) is 5.56 Å². The van der Waals surface area contributed by atoms with Crippen LogP contribution in [0.1, 0.15) is 44.3 Å². The average molecular weight is 457 g/mol. The lowest BCUT2D eigenvalue weighted by atomic mass is 10.1. The van der Waals surface area contributed by atoms with Gasteiger partial charge in [-0.25, -0.2) is 4.98 Å². The molecule has 32 heavy (non-hydrogen) atoms. The molecule has 8 nitrogen and oxygen atoms in total. The lowest BCUT2D eigenvalue weighted by Crippen LogP contribution is -2.29. The van der Waals surface area contributed by atoms with E-state index in [1.165, 1.54) is 10.6 Å². The van der Waals surface area contributed by atoms with Gasteiger partial charge in [-0.2, -0.15) is 0 Å². The van der Waals surface area contributed by atoms with Crippen LogP contribution in [0.4, 0.5) is 5.69 Å². The molecule has 2 aromatic rings. The summed E-state index contributed by atoms with van der Waals surface area (Å²) < 4.78 is 1.34. The van der Waals surface area contributed by atoms with Crippen molar-refractivity contribution >= 4 is 34.9 Å². The SMILES string of the molecule is Cc1nc(-c2ccc(Cl)cc2NC(=O)C2CC2)cc(=O)n1CC(=O)CCC1CCC(=O)N1. The van der Waals surface area contributed by atoms with E-state index in [4.69, 9.17) is 11.6 Å². The second-order valence-electron chi connectivity index (χ2n) is 8.45. The lowest BCUT2D eigenvalue weighted by Gasteiger charge is -2.14. The van der Waals surface area contributed by atoms with Gasteiger partial charge >= 0.3 is 0 Å². The van der Waals surface area contributed by atoms with Crippen LogP contribution >= 0.6 is 11.6 Å². The molecule has 2 aliphatic rings. The first-order chi connectivity index (χ1) is 15.3. The van der Waals surface area contributed by atoms with E-state index in [0.29, 0.717) is 40.6 Å². The molecule has 1 unspecified atom stereocenters. The number of carbonyl (C=O) groups is 3. The number of amides is 2. The molecule has 2 fully saturated rings. The number of carbonyl (C=O) groups excluding carboxylic acids is 3. The molecule has 1 aromatic heterocycles. The molecule has 0 bridgehead atoms. The van der Waals surface area contributed by atoms with Crippen molar-refractivity contribution in [2.24, 2.45) is 5.92 Å². The molecule has 1 aliphatic carbocycles. The summed E-state index contributed by atoms with van der Waals surface area (Å²) >= 11 is 6.11. The number of anilines is 1. The smallest absolute Gasteiger partial charge is 0.254 e. The van der Waals surface area contributed by atoms with Crippen molar-refractivity contribution in [3.63, 3.8) is 0 Å². The maximum absolute atomic E-state index is 12.8. The van der Waals surface area contributed by atoms with Gasteiger partial charge in [0.15, 0.2) is 5.78 Å². The Morgan fingerprint density at radius 2 is 2.00 bits per heavy atom. The van der Waals surface area contributed by atoms with E-state index in [9.17, 15) is 19.2 Å². The zero-order chi connectivity index (χ0) is 22.8. The van der Waals surface area contributed by atoms with E-state index in [1.807, 2.05) is 0 Å². The fraction of sp³-hybridized carbons (Fsp3) is 0.435. The van der Waals surface area contributed by atoms with E-state index >= 15 is 0 Å². The van der Waals surface area contributed by atoms with Gasteiger partial charge in [-0.15, -0.1) is 0 Å². The second-order valence-corrected chi connectivity index (χ2v) is 8.88. The molecular formula is C23H25ClN4O4. The van der Waals surface area contributed by atoms with Gasteiger partial charge in [0.1, 0.15) is 5.82 Å². The molecule has 0 spiro atoms. The number of hydrogen-bond donors (Lipinski definition) is 2. The van der Waals surface area contributed by atoms with Gasteiger partial charge in [-0.05, 0) is 50.8 Å². The van der Waals surface area contributed by atoms with Crippen LogP contribution in [0.5, 0.6) is 0 Å². The Hall–Kier alpha value is -3.00. The van der Waals surface area contributed by atoms with Crippen LogP contribution in [0, 0.1) is 12.8 Å². The molecule has 9 heteroatoms. The molecule has 2 heterocycles.